The first kappa shape index (κ1) is 19.7. The number of carbonyl (C=O) groups excluding carboxylic acids is 2. The number of rotatable bonds is 1. The second kappa shape index (κ2) is 7.69. The predicted molar refractivity (Wildman–Crippen MR) is 115 cm³/mol. The van der Waals surface area contributed by atoms with Crippen molar-refractivity contribution in [2.75, 3.05) is 6.54 Å². The molecule has 5 heteroatoms. The second-order valence-electron chi connectivity index (χ2n) is 8.60. The predicted octanol–water partition coefficient (Wildman–Crippen LogP) is 3.44. The Morgan fingerprint density at radius 2 is 1.83 bits per heavy atom. The number of carbonyl (C=O) groups is 2. The number of nitrogens with zero attached hydrogens (tertiary/aromatic N) is 2. The van der Waals surface area contributed by atoms with Crippen molar-refractivity contribution >= 4 is 11.8 Å². The van der Waals surface area contributed by atoms with E-state index in [9.17, 15) is 9.59 Å². The lowest BCUT2D eigenvalue weighted by atomic mass is 9.86. The lowest BCUT2D eigenvalue weighted by Gasteiger charge is -2.45. The number of hydrogen-bond acceptors (Lipinski definition) is 3. The molecule has 4 atom stereocenters. The smallest absolute Gasteiger partial charge is 0.224 e. The van der Waals surface area contributed by atoms with Gasteiger partial charge in [0, 0.05) is 30.8 Å². The summed E-state index contributed by atoms with van der Waals surface area (Å²) in [7, 11) is 0. The van der Waals surface area contributed by atoms with Gasteiger partial charge in [-0.1, -0.05) is 56.7 Å². The first-order valence-electron chi connectivity index (χ1n) is 10.7. The Balaban J connectivity index is 1.95. The van der Waals surface area contributed by atoms with Crippen LogP contribution in [0.25, 0.3) is 0 Å². The monoisotopic (exact) mass is 393 g/mol. The molecule has 2 aliphatic carbocycles. The molecule has 0 bridgehead atoms. The molecule has 2 aliphatic heterocycles. The van der Waals surface area contributed by atoms with E-state index in [0.29, 0.717) is 6.54 Å². The van der Waals surface area contributed by atoms with E-state index in [0.717, 1.165) is 48.2 Å². The number of nitrogens with one attached hydrogen (secondary N) is 1. The van der Waals surface area contributed by atoms with Crippen LogP contribution in [0.15, 0.2) is 59.5 Å². The molecule has 0 spiro atoms. The molecule has 0 aromatic rings. The molecule has 2 amide bonds. The van der Waals surface area contributed by atoms with Crippen molar-refractivity contribution in [1.29, 1.82) is 0 Å². The van der Waals surface area contributed by atoms with Gasteiger partial charge in [0.25, 0.3) is 0 Å². The quantitative estimate of drug-likeness (QED) is 0.743. The summed E-state index contributed by atoms with van der Waals surface area (Å²) in [5, 5.41) is 3.36. The highest BCUT2D eigenvalue weighted by atomic mass is 16.2. The molecule has 154 valence electrons. The largest absolute Gasteiger partial charge is 0.380 e. The standard InChI is InChI=1S/C24H31N3O2/c1-15-9-5-6-10-19(13-15)24-23-16(2)25-14-22(23)26(17(3)28)20-11-7-8-12-21(20)27(24)18(4)29/h5-6,9-10,13,15,20-21,24-25H,2,7-8,11-12,14H2,1,3-4H3. The lowest BCUT2D eigenvalue weighted by molar-refractivity contribution is -0.138. The lowest BCUT2D eigenvalue weighted by Crippen LogP contribution is -2.57. The normalized spacial score (nSPS) is 31.6. The number of allylic oxidation sites excluding steroid dienone is 4. The second-order valence-corrected chi connectivity index (χ2v) is 8.60. The fraction of sp³-hybridized carbons (Fsp3) is 0.500. The zero-order chi connectivity index (χ0) is 20.7. The summed E-state index contributed by atoms with van der Waals surface area (Å²) in [6.45, 7) is 10.3. The van der Waals surface area contributed by atoms with E-state index in [4.69, 9.17) is 0 Å². The van der Waals surface area contributed by atoms with Crippen LogP contribution in [0.4, 0.5) is 0 Å². The molecule has 0 aromatic carbocycles. The van der Waals surface area contributed by atoms with E-state index in [1.54, 1.807) is 13.8 Å². The van der Waals surface area contributed by atoms with Crippen LogP contribution in [0.2, 0.25) is 0 Å². The van der Waals surface area contributed by atoms with E-state index in [2.05, 4.69) is 48.0 Å². The molecule has 1 fully saturated rings. The van der Waals surface area contributed by atoms with Crippen LogP contribution in [0.5, 0.6) is 0 Å². The highest BCUT2D eigenvalue weighted by molar-refractivity contribution is 5.80. The van der Waals surface area contributed by atoms with Gasteiger partial charge in [0.1, 0.15) is 0 Å². The Labute approximate surface area is 173 Å². The Morgan fingerprint density at radius 3 is 2.52 bits per heavy atom. The van der Waals surface area contributed by atoms with Gasteiger partial charge in [-0.05, 0) is 24.3 Å². The number of hydrogen-bond donors (Lipinski definition) is 1. The Bertz CT molecular complexity index is 863. The van der Waals surface area contributed by atoms with Gasteiger partial charge in [-0.25, -0.2) is 0 Å². The summed E-state index contributed by atoms with van der Waals surface area (Å²) in [6, 6.07) is -0.174. The number of fused-ring (bicyclic) bond motifs is 1. The molecular formula is C24H31N3O2. The Morgan fingerprint density at radius 1 is 1.10 bits per heavy atom. The molecular weight excluding hydrogens is 362 g/mol. The SMILES string of the molecule is C=C1NCC2=C1C(C1=CC(C)C=CC=C1)N(C(C)=O)C1CCCCC1N2C(C)=O. The molecule has 1 saturated carbocycles. The van der Waals surface area contributed by atoms with E-state index in [1.165, 1.54) is 0 Å². The Hall–Kier alpha value is -2.56. The maximum atomic E-state index is 13.1. The van der Waals surface area contributed by atoms with Crippen molar-refractivity contribution in [3.8, 4) is 0 Å². The zero-order valence-electron chi connectivity index (χ0n) is 17.6. The summed E-state index contributed by atoms with van der Waals surface area (Å²) >= 11 is 0. The van der Waals surface area contributed by atoms with Crippen LogP contribution in [0.1, 0.15) is 46.5 Å². The van der Waals surface area contributed by atoms with Gasteiger partial charge in [-0.3, -0.25) is 9.59 Å². The fourth-order valence-electron chi connectivity index (χ4n) is 5.51. The topological polar surface area (TPSA) is 52.7 Å². The van der Waals surface area contributed by atoms with Crippen LogP contribution < -0.4 is 5.32 Å². The average Bonchev–Trinajstić information content (AvgIpc) is 2.85. The third-order valence-corrected chi connectivity index (χ3v) is 6.62. The summed E-state index contributed by atoms with van der Waals surface area (Å²) in [5.74, 6) is 0.383. The van der Waals surface area contributed by atoms with Crippen LogP contribution in [-0.4, -0.2) is 46.3 Å². The molecule has 1 N–H and O–H groups in total. The van der Waals surface area contributed by atoms with Gasteiger partial charge in [0.05, 0.1) is 24.7 Å². The third-order valence-electron chi connectivity index (χ3n) is 6.62. The van der Waals surface area contributed by atoms with E-state index in [1.807, 2.05) is 11.0 Å². The van der Waals surface area contributed by atoms with Crippen LogP contribution in [0, 0.1) is 5.92 Å². The first-order chi connectivity index (χ1) is 13.9. The van der Waals surface area contributed by atoms with Crippen molar-refractivity contribution in [2.24, 2.45) is 5.92 Å². The molecule has 0 saturated heterocycles. The van der Waals surface area contributed by atoms with E-state index >= 15 is 0 Å². The molecule has 5 nitrogen and oxygen atoms in total. The van der Waals surface area contributed by atoms with Gasteiger partial charge in [0.2, 0.25) is 11.8 Å². The average molecular weight is 394 g/mol. The van der Waals surface area contributed by atoms with Crippen LogP contribution >= 0.6 is 0 Å². The van der Waals surface area contributed by atoms with E-state index in [-0.39, 0.29) is 35.9 Å². The van der Waals surface area contributed by atoms with Crippen LogP contribution in [0.3, 0.4) is 0 Å². The van der Waals surface area contributed by atoms with Gasteiger partial charge < -0.3 is 15.1 Å². The maximum Gasteiger partial charge on any atom is 0.224 e. The third kappa shape index (κ3) is 3.37. The molecule has 0 radical (unpaired) electrons. The number of amides is 2. The van der Waals surface area contributed by atoms with Crippen LogP contribution in [-0.2, 0) is 9.59 Å². The molecule has 29 heavy (non-hydrogen) atoms. The van der Waals surface area contributed by atoms with Crippen molar-refractivity contribution in [3.05, 3.63) is 59.5 Å². The Kier molecular flexibility index (Phi) is 5.24. The first-order valence-corrected chi connectivity index (χ1v) is 10.7. The van der Waals surface area contributed by atoms with Gasteiger partial charge in [-0.15, -0.1) is 0 Å². The van der Waals surface area contributed by atoms with E-state index < -0.39 is 0 Å². The molecule has 4 unspecified atom stereocenters. The van der Waals surface area contributed by atoms with Crippen molar-refractivity contribution in [2.45, 2.75) is 64.6 Å². The summed E-state index contributed by atoms with van der Waals surface area (Å²) < 4.78 is 0. The minimum absolute atomic E-state index is 0.0226. The van der Waals surface area contributed by atoms with Crippen molar-refractivity contribution < 1.29 is 9.59 Å². The van der Waals surface area contributed by atoms with Gasteiger partial charge in [0.15, 0.2) is 0 Å². The van der Waals surface area contributed by atoms with Crippen molar-refractivity contribution in [3.63, 3.8) is 0 Å². The summed E-state index contributed by atoms with van der Waals surface area (Å²) in [5.41, 5.74) is 3.91. The van der Waals surface area contributed by atoms with Gasteiger partial charge >= 0.3 is 0 Å². The molecule has 4 rings (SSSR count). The summed E-state index contributed by atoms with van der Waals surface area (Å²) in [6.07, 6.45) is 14.6. The van der Waals surface area contributed by atoms with Gasteiger partial charge in [-0.2, -0.15) is 0 Å². The van der Waals surface area contributed by atoms with Crippen molar-refractivity contribution in [1.82, 2.24) is 15.1 Å². The minimum Gasteiger partial charge on any atom is -0.380 e. The minimum atomic E-state index is -0.224. The highest BCUT2D eigenvalue weighted by Gasteiger charge is 2.48. The zero-order valence-corrected chi connectivity index (χ0v) is 17.6. The maximum absolute atomic E-state index is 13.1. The molecule has 2 heterocycles. The molecule has 4 aliphatic rings. The fourth-order valence-corrected chi connectivity index (χ4v) is 5.51. The summed E-state index contributed by atoms with van der Waals surface area (Å²) in [4.78, 5) is 29.9. The highest BCUT2D eigenvalue weighted by Crippen LogP contribution is 2.42. The molecule has 0 aromatic heterocycles.